The highest BCUT2D eigenvalue weighted by atomic mass is 15.2. The van der Waals surface area contributed by atoms with Crippen LogP contribution in [0.4, 0.5) is 5.95 Å². The van der Waals surface area contributed by atoms with Crippen molar-refractivity contribution >= 4 is 5.95 Å². The van der Waals surface area contributed by atoms with Crippen molar-refractivity contribution in [1.82, 2.24) is 9.97 Å². The monoisotopic (exact) mass is 233 g/mol. The van der Waals surface area contributed by atoms with E-state index in [1.54, 1.807) is 12.3 Å². The molecule has 17 heavy (non-hydrogen) atoms. The lowest BCUT2D eigenvalue weighted by Gasteiger charge is -2.21. The predicted octanol–water partition coefficient (Wildman–Crippen LogP) is 1.16. The molecule has 92 valence electrons. The van der Waals surface area contributed by atoms with Crippen LogP contribution in [0, 0.1) is 17.2 Å². The summed E-state index contributed by atoms with van der Waals surface area (Å²) in [6.07, 6.45) is 2.48. The topological polar surface area (TPSA) is 78.8 Å². The van der Waals surface area contributed by atoms with E-state index in [4.69, 9.17) is 11.0 Å². The molecule has 2 N–H and O–H groups in total. The van der Waals surface area contributed by atoms with Gasteiger partial charge >= 0.3 is 0 Å². The van der Waals surface area contributed by atoms with Gasteiger partial charge in [-0.2, -0.15) is 5.26 Å². The summed E-state index contributed by atoms with van der Waals surface area (Å²) in [4.78, 5) is 10.2. The van der Waals surface area contributed by atoms with Crippen molar-refractivity contribution in [2.75, 3.05) is 18.5 Å². The molecule has 1 aromatic heterocycles. The molecule has 1 aromatic rings. The van der Waals surface area contributed by atoms with Crippen molar-refractivity contribution < 1.29 is 0 Å². The third-order valence-corrected chi connectivity index (χ3v) is 2.75. The molecular weight excluding hydrogens is 214 g/mol. The van der Waals surface area contributed by atoms with Gasteiger partial charge in [0.25, 0.3) is 0 Å². The first kappa shape index (κ1) is 13.4. The third kappa shape index (κ3) is 4.00. The van der Waals surface area contributed by atoms with Crippen molar-refractivity contribution in [3.05, 3.63) is 18.0 Å². The van der Waals surface area contributed by atoms with Gasteiger partial charge in [0.15, 0.2) is 0 Å². The van der Waals surface area contributed by atoms with E-state index >= 15 is 0 Å². The number of nitriles is 1. The Labute approximate surface area is 102 Å². The second-order valence-electron chi connectivity index (χ2n) is 4.47. The number of nitrogens with zero attached hydrogens (tertiary/aromatic N) is 4. The normalized spacial score (nSPS) is 12.2. The molecule has 1 atom stereocenters. The molecule has 0 spiro atoms. The van der Waals surface area contributed by atoms with E-state index in [0.717, 1.165) is 13.0 Å². The lowest BCUT2D eigenvalue weighted by Crippen LogP contribution is -2.32. The Morgan fingerprint density at radius 1 is 1.53 bits per heavy atom. The molecule has 0 amide bonds. The Balaban J connectivity index is 2.58. The summed E-state index contributed by atoms with van der Waals surface area (Å²) in [5.41, 5.74) is 6.36. The second-order valence-corrected chi connectivity index (χ2v) is 4.47. The summed E-state index contributed by atoms with van der Waals surface area (Å²) >= 11 is 0. The van der Waals surface area contributed by atoms with Crippen LogP contribution in [-0.2, 0) is 0 Å². The van der Waals surface area contributed by atoms with Gasteiger partial charge in [0.2, 0.25) is 5.95 Å². The second kappa shape index (κ2) is 6.16. The zero-order valence-electron chi connectivity index (χ0n) is 10.6. The number of hydrogen-bond donors (Lipinski definition) is 1. The van der Waals surface area contributed by atoms with Crippen molar-refractivity contribution in [3.8, 4) is 6.07 Å². The van der Waals surface area contributed by atoms with E-state index in [1.807, 2.05) is 18.0 Å². The van der Waals surface area contributed by atoms with Crippen LogP contribution < -0.4 is 10.6 Å². The van der Waals surface area contributed by atoms with Gasteiger partial charge in [0, 0.05) is 25.8 Å². The van der Waals surface area contributed by atoms with Crippen LogP contribution in [-0.4, -0.2) is 29.6 Å². The highest BCUT2D eigenvalue weighted by Crippen LogP contribution is 2.08. The van der Waals surface area contributed by atoms with Crippen LogP contribution in [0.3, 0.4) is 0 Å². The molecule has 0 fully saturated rings. The molecule has 0 radical (unpaired) electrons. The van der Waals surface area contributed by atoms with Gasteiger partial charge in [-0.3, -0.25) is 0 Å². The Morgan fingerprint density at radius 3 is 2.82 bits per heavy atom. The molecule has 0 aliphatic carbocycles. The first-order valence-corrected chi connectivity index (χ1v) is 5.74. The number of nitrogens with two attached hydrogens (primary N) is 1. The highest BCUT2D eigenvalue weighted by molar-refractivity contribution is 5.32. The fourth-order valence-corrected chi connectivity index (χ4v) is 1.37. The molecule has 1 unspecified atom stereocenters. The van der Waals surface area contributed by atoms with Gasteiger partial charge in [-0.25, -0.2) is 9.97 Å². The summed E-state index contributed by atoms with van der Waals surface area (Å²) in [6.45, 7) is 5.00. The molecule has 0 bridgehead atoms. The molecule has 0 aromatic carbocycles. The smallest absolute Gasteiger partial charge is 0.226 e. The molecule has 5 heteroatoms. The maximum absolute atomic E-state index is 8.76. The molecule has 0 saturated heterocycles. The largest absolute Gasteiger partial charge is 0.344 e. The fraction of sp³-hybridized carbons (Fsp3) is 0.583. The molecular formula is C12H19N5. The third-order valence-electron chi connectivity index (χ3n) is 2.75. The van der Waals surface area contributed by atoms with Gasteiger partial charge in [-0.05, 0) is 18.4 Å². The maximum Gasteiger partial charge on any atom is 0.226 e. The highest BCUT2D eigenvalue weighted by Gasteiger charge is 2.10. The Bertz CT molecular complexity index is 396. The Hall–Kier alpha value is -1.67. The zero-order chi connectivity index (χ0) is 12.8. The number of aromatic nitrogens is 2. The standard InChI is InChI=1S/C12H19N5/c1-9(2)11(14)5-7-17(3)12-15-6-4-10(8-13)16-12/h4,6,9,11H,5,7,14H2,1-3H3. The average Bonchev–Trinajstić information content (AvgIpc) is 2.35. The van der Waals surface area contributed by atoms with Gasteiger partial charge < -0.3 is 10.6 Å². The van der Waals surface area contributed by atoms with Gasteiger partial charge in [0.1, 0.15) is 11.8 Å². The molecule has 0 aliphatic rings. The number of anilines is 1. The molecule has 1 rings (SSSR count). The van der Waals surface area contributed by atoms with Crippen molar-refractivity contribution in [2.24, 2.45) is 11.7 Å². The van der Waals surface area contributed by atoms with Crippen LogP contribution in [0.1, 0.15) is 26.0 Å². The van der Waals surface area contributed by atoms with Crippen LogP contribution in [0.5, 0.6) is 0 Å². The van der Waals surface area contributed by atoms with Crippen LogP contribution >= 0.6 is 0 Å². The number of hydrogen-bond acceptors (Lipinski definition) is 5. The first-order chi connectivity index (χ1) is 8.04. The summed E-state index contributed by atoms with van der Waals surface area (Å²) in [5.74, 6) is 1.04. The fourth-order valence-electron chi connectivity index (χ4n) is 1.37. The lowest BCUT2D eigenvalue weighted by atomic mass is 10.0. The van der Waals surface area contributed by atoms with Gasteiger partial charge in [-0.15, -0.1) is 0 Å². The van der Waals surface area contributed by atoms with Gasteiger partial charge in [0.05, 0.1) is 0 Å². The van der Waals surface area contributed by atoms with E-state index in [1.165, 1.54) is 0 Å². The van der Waals surface area contributed by atoms with E-state index in [-0.39, 0.29) is 6.04 Å². The van der Waals surface area contributed by atoms with E-state index in [0.29, 0.717) is 17.6 Å². The van der Waals surface area contributed by atoms with Gasteiger partial charge in [-0.1, -0.05) is 13.8 Å². The zero-order valence-corrected chi connectivity index (χ0v) is 10.6. The van der Waals surface area contributed by atoms with Crippen LogP contribution in [0.2, 0.25) is 0 Å². The summed E-state index contributed by atoms with van der Waals surface area (Å²) in [5, 5.41) is 8.76. The minimum atomic E-state index is 0.177. The van der Waals surface area contributed by atoms with Crippen LogP contribution in [0.15, 0.2) is 12.3 Å². The lowest BCUT2D eigenvalue weighted by molar-refractivity contribution is 0.465. The SMILES string of the molecule is CC(C)C(N)CCN(C)c1nccc(C#N)n1. The Morgan fingerprint density at radius 2 is 2.24 bits per heavy atom. The van der Waals surface area contributed by atoms with Crippen molar-refractivity contribution in [2.45, 2.75) is 26.3 Å². The van der Waals surface area contributed by atoms with E-state index < -0.39 is 0 Å². The number of rotatable bonds is 5. The summed E-state index contributed by atoms with van der Waals surface area (Å²) < 4.78 is 0. The maximum atomic E-state index is 8.76. The van der Waals surface area contributed by atoms with Crippen molar-refractivity contribution in [1.29, 1.82) is 5.26 Å². The minimum absolute atomic E-state index is 0.177. The quantitative estimate of drug-likeness (QED) is 0.825. The Kier molecular flexibility index (Phi) is 4.85. The van der Waals surface area contributed by atoms with E-state index in [2.05, 4.69) is 23.8 Å². The molecule has 5 nitrogen and oxygen atoms in total. The summed E-state index contributed by atoms with van der Waals surface area (Å²) in [6, 6.07) is 3.77. The molecule has 0 aliphatic heterocycles. The first-order valence-electron chi connectivity index (χ1n) is 5.74. The van der Waals surface area contributed by atoms with Crippen LogP contribution in [0.25, 0.3) is 0 Å². The average molecular weight is 233 g/mol. The minimum Gasteiger partial charge on any atom is -0.344 e. The molecule has 1 heterocycles. The van der Waals surface area contributed by atoms with E-state index in [9.17, 15) is 0 Å². The molecule has 0 saturated carbocycles. The summed E-state index contributed by atoms with van der Waals surface area (Å²) in [7, 11) is 1.91. The van der Waals surface area contributed by atoms with Crippen molar-refractivity contribution in [3.63, 3.8) is 0 Å². The predicted molar refractivity (Wildman–Crippen MR) is 67.4 cm³/mol.